The van der Waals surface area contributed by atoms with E-state index in [4.69, 9.17) is 0 Å². The highest BCUT2D eigenvalue weighted by atomic mass is 16.2. The molecular weight excluding hydrogens is 244 g/mol. The van der Waals surface area contributed by atoms with Crippen LogP contribution in [0.3, 0.4) is 0 Å². The van der Waals surface area contributed by atoms with Crippen LogP contribution in [0.5, 0.6) is 0 Å². The van der Waals surface area contributed by atoms with Gasteiger partial charge >= 0.3 is 0 Å². The summed E-state index contributed by atoms with van der Waals surface area (Å²) < 4.78 is 1.73. The maximum Gasteiger partial charge on any atom is 0.296 e. The van der Waals surface area contributed by atoms with Gasteiger partial charge in [-0.25, -0.2) is 9.67 Å². The molecule has 0 atom stereocenters. The van der Waals surface area contributed by atoms with E-state index < -0.39 is 0 Å². The van der Waals surface area contributed by atoms with Crippen LogP contribution in [0.4, 0.5) is 5.82 Å². The highest BCUT2D eigenvalue weighted by molar-refractivity contribution is 6.00. The molecule has 0 aliphatic rings. The lowest BCUT2D eigenvalue weighted by atomic mass is 10.3. The second-order valence-corrected chi connectivity index (χ2v) is 4.56. The van der Waals surface area contributed by atoms with Crippen molar-refractivity contribution < 1.29 is 4.79 Å². The number of H-pyrrole nitrogens is 1. The van der Waals surface area contributed by atoms with Gasteiger partial charge in [0.15, 0.2) is 0 Å². The van der Waals surface area contributed by atoms with Gasteiger partial charge in [0.1, 0.15) is 11.6 Å². The van der Waals surface area contributed by atoms with Gasteiger partial charge in [0.25, 0.3) is 5.91 Å². The molecule has 0 saturated heterocycles. The summed E-state index contributed by atoms with van der Waals surface area (Å²) in [5.74, 6) is 1.19. The average Bonchev–Trinajstić information content (AvgIpc) is 2.98. The number of aryl methyl sites for hydroxylation is 1. The SMILES string of the molecule is CCCc1nc(C(=O)Nc2ccnn2C(C)C)n[nH]1. The lowest BCUT2D eigenvalue weighted by Crippen LogP contribution is -2.18. The van der Waals surface area contributed by atoms with E-state index in [-0.39, 0.29) is 17.8 Å². The van der Waals surface area contributed by atoms with E-state index in [1.807, 2.05) is 20.8 Å². The van der Waals surface area contributed by atoms with Crippen molar-refractivity contribution in [2.45, 2.75) is 39.7 Å². The van der Waals surface area contributed by atoms with Gasteiger partial charge in [0.2, 0.25) is 5.82 Å². The molecule has 0 spiro atoms. The maximum absolute atomic E-state index is 12.0. The van der Waals surface area contributed by atoms with E-state index >= 15 is 0 Å². The van der Waals surface area contributed by atoms with Crippen LogP contribution in [0.15, 0.2) is 12.3 Å². The molecular formula is C12H18N6O. The fourth-order valence-corrected chi connectivity index (χ4v) is 1.74. The van der Waals surface area contributed by atoms with Crippen molar-refractivity contribution >= 4 is 11.7 Å². The molecule has 102 valence electrons. The second-order valence-electron chi connectivity index (χ2n) is 4.56. The van der Waals surface area contributed by atoms with E-state index in [0.717, 1.165) is 18.7 Å². The third-order valence-electron chi connectivity index (χ3n) is 2.62. The Morgan fingerprint density at radius 3 is 3.00 bits per heavy atom. The lowest BCUT2D eigenvalue weighted by molar-refractivity contribution is 0.101. The summed E-state index contributed by atoms with van der Waals surface area (Å²) in [5.41, 5.74) is 0. The predicted molar refractivity (Wildman–Crippen MR) is 70.9 cm³/mol. The van der Waals surface area contributed by atoms with Crippen LogP contribution in [0.25, 0.3) is 0 Å². The van der Waals surface area contributed by atoms with Crippen LogP contribution in [0.2, 0.25) is 0 Å². The number of hydrogen-bond acceptors (Lipinski definition) is 4. The van der Waals surface area contributed by atoms with Gasteiger partial charge in [-0.2, -0.15) is 5.10 Å². The molecule has 2 aromatic heterocycles. The number of anilines is 1. The summed E-state index contributed by atoms with van der Waals surface area (Å²) in [6.45, 7) is 6.03. The number of rotatable bonds is 5. The third-order valence-corrected chi connectivity index (χ3v) is 2.62. The quantitative estimate of drug-likeness (QED) is 0.859. The number of carbonyl (C=O) groups is 1. The minimum absolute atomic E-state index is 0.153. The molecule has 7 nitrogen and oxygen atoms in total. The first-order valence-corrected chi connectivity index (χ1v) is 6.38. The van der Waals surface area contributed by atoms with Gasteiger partial charge in [-0.05, 0) is 20.3 Å². The minimum atomic E-state index is -0.332. The fourth-order valence-electron chi connectivity index (χ4n) is 1.74. The van der Waals surface area contributed by atoms with Crippen molar-refractivity contribution in [1.82, 2.24) is 25.0 Å². The smallest absolute Gasteiger partial charge is 0.296 e. The Hall–Kier alpha value is -2.18. The molecule has 1 amide bonds. The highest BCUT2D eigenvalue weighted by Crippen LogP contribution is 2.13. The predicted octanol–water partition coefficient (Wildman–Crippen LogP) is 1.79. The van der Waals surface area contributed by atoms with Crippen LogP contribution < -0.4 is 5.32 Å². The van der Waals surface area contributed by atoms with E-state index in [1.165, 1.54) is 0 Å². The molecule has 2 aromatic rings. The van der Waals surface area contributed by atoms with Gasteiger partial charge in [-0.1, -0.05) is 6.92 Å². The van der Waals surface area contributed by atoms with Gasteiger partial charge < -0.3 is 5.32 Å². The number of amides is 1. The Morgan fingerprint density at radius 1 is 1.53 bits per heavy atom. The first kappa shape index (κ1) is 13.3. The topological polar surface area (TPSA) is 88.5 Å². The molecule has 2 heterocycles. The van der Waals surface area contributed by atoms with Crippen molar-refractivity contribution in [2.24, 2.45) is 0 Å². The standard InChI is InChI=1S/C12H18N6O/c1-4-5-9-14-11(17-16-9)12(19)15-10-6-7-13-18(10)8(2)3/h6-8H,4-5H2,1-3H3,(H,15,19)(H,14,16,17). The number of carbonyl (C=O) groups excluding carboxylic acids is 1. The van der Waals surface area contributed by atoms with Crippen LogP contribution in [0, 0.1) is 0 Å². The van der Waals surface area contributed by atoms with Crippen molar-refractivity contribution in [3.63, 3.8) is 0 Å². The van der Waals surface area contributed by atoms with E-state index in [1.54, 1.807) is 16.9 Å². The molecule has 0 radical (unpaired) electrons. The van der Waals surface area contributed by atoms with E-state index in [0.29, 0.717) is 5.82 Å². The Balaban J connectivity index is 2.09. The Labute approximate surface area is 111 Å². The molecule has 0 aliphatic carbocycles. The van der Waals surface area contributed by atoms with Crippen molar-refractivity contribution in [2.75, 3.05) is 5.32 Å². The Kier molecular flexibility index (Phi) is 3.94. The summed E-state index contributed by atoms with van der Waals surface area (Å²) in [6.07, 6.45) is 3.39. The Bertz CT molecular complexity index is 556. The maximum atomic E-state index is 12.0. The zero-order valence-corrected chi connectivity index (χ0v) is 11.3. The van der Waals surface area contributed by atoms with Crippen LogP contribution in [-0.4, -0.2) is 30.9 Å². The van der Waals surface area contributed by atoms with E-state index in [9.17, 15) is 4.79 Å². The Morgan fingerprint density at radius 2 is 2.32 bits per heavy atom. The molecule has 7 heteroatoms. The number of hydrogen-bond donors (Lipinski definition) is 2. The lowest BCUT2D eigenvalue weighted by Gasteiger charge is -2.10. The second kappa shape index (κ2) is 5.64. The van der Waals surface area contributed by atoms with Crippen LogP contribution in [-0.2, 0) is 6.42 Å². The molecule has 0 aliphatic heterocycles. The zero-order valence-electron chi connectivity index (χ0n) is 11.3. The molecule has 19 heavy (non-hydrogen) atoms. The van der Waals surface area contributed by atoms with Gasteiger partial charge in [0.05, 0.1) is 6.20 Å². The normalized spacial score (nSPS) is 10.9. The number of aromatic amines is 1. The highest BCUT2D eigenvalue weighted by Gasteiger charge is 2.15. The van der Waals surface area contributed by atoms with Crippen molar-refractivity contribution in [3.05, 3.63) is 23.9 Å². The van der Waals surface area contributed by atoms with Gasteiger partial charge in [-0.15, -0.1) is 5.10 Å². The molecule has 0 unspecified atom stereocenters. The summed E-state index contributed by atoms with van der Waals surface area (Å²) >= 11 is 0. The fraction of sp³-hybridized carbons (Fsp3) is 0.500. The van der Waals surface area contributed by atoms with Gasteiger partial charge in [0, 0.05) is 18.5 Å². The number of nitrogens with zero attached hydrogens (tertiary/aromatic N) is 4. The molecule has 2 rings (SSSR count). The van der Waals surface area contributed by atoms with Gasteiger partial charge in [-0.3, -0.25) is 9.89 Å². The monoisotopic (exact) mass is 262 g/mol. The van der Waals surface area contributed by atoms with Crippen molar-refractivity contribution in [1.29, 1.82) is 0 Å². The molecule has 0 bridgehead atoms. The third kappa shape index (κ3) is 2.98. The first-order valence-electron chi connectivity index (χ1n) is 6.38. The molecule has 0 saturated carbocycles. The summed E-state index contributed by atoms with van der Waals surface area (Å²) in [6, 6.07) is 1.92. The van der Waals surface area contributed by atoms with Crippen LogP contribution in [0.1, 0.15) is 49.7 Å². The number of nitrogens with one attached hydrogen (secondary N) is 2. The zero-order chi connectivity index (χ0) is 13.8. The minimum Gasteiger partial charge on any atom is -0.304 e. The largest absolute Gasteiger partial charge is 0.304 e. The average molecular weight is 262 g/mol. The summed E-state index contributed by atoms with van der Waals surface area (Å²) in [7, 11) is 0. The van der Waals surface area contributed by atoms with Crippen molar-refractivity contribution in [3.8, 4) is 0 Å². The summed E-state index contributed by atoms with van der Waals surface area (Å²) in [4.78, 5) is 16.2. The van der Waals surface area contributed by atoms with E-state index in [2.05, 4.69) is 25.6 Å². The summed E-state index contributed by atoms with van der Waals surface area (Å²) in [5, 5.41) is 13.6. The number of aromatic nitrogens is 5. The molecule has 2 N–H and O–H groups in total. The molecule has 0 aromatic carbocycles. The molecule has 0 fully saturated rings. The van der Waals surface area contributed by atoms with Crippen LogP contribution >= 0.6 is 0 Å². The first-order chi connectivity index (χ1) is 9.11.